The Balaban J connectivity index is 2.54. The quantitative estimate of drug-likeness (QED) is 0.567. The van der Waals surface area contributed by atoms with Gasteiger partial charge in [-0.3, -0.25) is 4.79 Å². The maximum absolute atomic E-state index is 10.8. The Morgan fingerprint density at radius 1 is 1.75 bits per heavy atom. The summed E-state index contributed by atoms with van der Waals surface area (Å²) in [6.45, 7) is 0.0294. The SMILES string of the molecule is O=C1C=CC(C(O)CO)COC1. The molecule has 1 rings (SSSR count). The first-order chi connectivity index (χ1) is 5.74. The van der Waals surface area contributed by atoms with Crippen molar-refractivity contribution >= 4 is 5.78 Å². The third-order valence-corrected chi connectivity index (χ3v) is 1.77. The highest BCUT2D eigenvalue weighted by atomic mass is 16.5. The maximum Gasteiger partial charge on any atom is 0.180 e. The summed E-state index contributed by atoms with van der Waals surface area (Å²) in [5.41, 5.74) is 0. The van der Waals surface area contributed by atoms with E-state index < -0.39 is 6.10 Å². The van der Waals surface area contributed by atoms with Gasteiger partial charge in [-0.25, -0.2) is 0 Å². The van der Waals surface area contributed by atoms with Crippen LogP contribution in [0.2, 0.25) is 0 Å². The van der Waals surface area contributed by atoms with Crippen LogP contribution >= 0.6 is 0 Å². The molecule has 4 heteroatoms. The second-order valence-corrected chi connectivity index (χ2v) is 2.75. The van der Waals surface area contributed by atoms with E-state index in [1.807, 2.05) is 0 Å². The van der Waals surface area contributed by atoms with Crippen molar-refractivity contribution in [3.63, 3.8) is 0 Å². The molecule has 0 amide bonds. The number of hydrogen-bond acceptors (Lipinski definition) is 4. The molecule has 0 aromatic heterocycles. The molecular formula is C8H12O4. The van der Waals surface area contributed by atoms with Crippen LogP contribution in [-0.4, -0.2) is 41.9 Å². The summed E-state index contributed by atoms with van der Waals surface area (Å²) >= 11 is 0. The van der Waals surface area contributed by atoms with Crippen LogP contribution in [0.1, 0.15) is 0 Å². The highest BCUT2D eigenvalue weighted by Gasteiger charge is 2.18. The molecule has 1 aliphatic heterocycles. The minimum Gasteiger partial charge on any atom is -0.394 e. The fourth-order valence-electron chi connectivity index (χ4n) is 1.00. The third kappa shape index (κ3) is 2.41. The van der Waals surface area contributed by atoms with Crippen LogP contribution in [0.3, 0.4) is 0 Å². The number of carbonyl (C=O) groups is 1. The summed E-state index contributed by atoms with van der Waals surface area (Å²) in [6, 6.07) is 0. The number of rotatable bonds is 2. The van der Waals surface area contributed by atoms with E-state index in [2.05, 4.69) is 0 Å². The lowest BCUT2D eigenvalue weighted by molar-refractivity contribution is -0.119. The van der Waals surface area contributed by atoms with E-state index in [0.717, 1.165) is 0 Å². The van der Waals surface area contributed by atoms with E-state index in [-0.39, 0.29) is 31.5 Å². The smallest absolute Gasteiger partial charge is 0.180 e. The van der Waals surface area contributed by atoms with Crippen molar-refractivity contribution in [1.82, 2.24) is 0 Å². The third-order valence-electron chi connectivity index (χ3n) is 1.77. The van der Waals surface area contributed by atoms with Crippen LogP contribution in [0.25, 0.3) is 0 Å². The molecule has 0 saturated carbocycles. The lowest BCUT2D eigenvalue weighted by Gasteiger charge is -2.15. The predicted octanol–water partition coefficient (Wildman–Crippen LogP) is -0.889. The Hall–Kier alpha value is -0.710. The molecule has 0 radical (unpaired) electrons. The average Bonchev–Trinajstić information content (AvgIpc) is 2.29. The first-order valence-electron chi connectivity index (χ1n) is 3.81. The molecule has 0 fully saturated rings. The van der Waals surface area contributed by atoms with Crippen LogP contribution in [0.4, 0.5) is 0 Å². The van der Waals surface area contributed by atoms with Crippen LogP contribution in [0.15, 0.2) is 12.2 Å². The van der Waals surface area contributed by atoms with Crippen LogP contribution in [-0.2, 0) is 9.53 Å². The molecule has 0 bridgehead atoms. The Morgan fingerprint density at radius 3 is 3.17 bits per heavy atom. The lowest BCUT2D eigenvalue weighted by Crippen LogP contribution is -2.26. The fourth-order valence-corrected chi connectivity index (χ4v) is 1.00. The first kappa shape index (κ1) is 9.38. The summed E-state index contributed by atoms with van der Waals surface area (Å²) in [5, 5.41) is 17.8. The van der Waals surface area contributed by atoms with Gasteiger partial charge in [0.1, 0.15) is 6.61 Å². The molecule has 68 valence electrons. The molecule has 1 aliphatic rings. The number of ether oxygens (including phenoxy) is 1. The first-order valence-corrected chi connectivity index (χ1v) is 3.81. The van der Waals surface area contributed by atoms with Crippen molar-refractivity contribution < 1.29 is 19.7 Å². The second kappa shape index (κ2) is 4.35. The Morgan fingerprint density at radius 2 is 2.50 bits per heavy atom. The zero-order valence-corrected chi connectivity index (χ0v) is 6.64. The molecule has 1 heterocycles. The van der Waals surface area contributed by atoms with E-state index in [1.54, 1.807) is 6.08 Å². The van der Waals surface area contributed by atoms with E-state index in [0.29, 0.717) is 0 Å². The van der Waals surface area contributed by atoms with Gasteiger partial charge in [0.25, 0.3) is 0 Å². The molecule has 0 aliphatic carbocycles. The fraction of sp³-hybridized carbons (Fsp3) is 0.625. The highest BCUT2D eigenvalue weighted by Crippen LogP contribution is 2.09. The standard InChI is InChI=1S/C8H12O4/c9-3-8(11)6-1-2-7(10)5-12-4-6/h1-2,6,8-9,11H,3-5H2. The van der Waals surface area contributed by atoms with Gasteiger partial charge in [0.05, 0.1) is 19.3 Å². The average molecular weight is 172 g/mol. The Bertz CT molecular complexity index is 187. The molecule has 12 heavy (non-hydrogen) atoms. The summed E-state index contributed by atoms with van der Waals surface area (Å²) in [6.07, 6.45) is 2.12. The summed E-state index contributed by atoms with van der Waals surface area (Å²) in [4.78, 5) is 10.8. The van der Waals surface area contributed by atoms with Crippen molar-refractivity contribution in [2.75, 3.05) is 19.8 Å². The predicted molar refractivity (Wildman–Crippen MR) is 41.5 cm³/mol. The molecule has 2 atom stereocenters. The van der Waals surface area contributed by atoms with Gasteiger partial charge in [-0.2, -0.15) is 0 Å². The van der Waals surface area contributed by atoms with E-state index in [4.69, 9.17) is 9.84 Å². The molecule has 0 aromatic carbocycles. The summed E-state index contributed by atoms with van der Waals surface area (Å²) in [5.74, 6) is -0.385. The van der Waals surface area contributed by atoms with Crippen LogP contribution < -0.4 is 0 Å². The Labute approximate surface area is 70.5 Å². The van der Waals surface area contributed by atoms with Gasteiger partial charge < -0.3 is 14.9 Å². The molecule has 0 saturated heterocycles. The maximum atomic E-state index is 10.8. The van der Waals surface area contributed by atoms with E-state index >= 15 is 0 Å². The number of aliphatic hydroxyl groups is 2. The van der Waals surface area contributed by atoms with Gasteiger partial charge in [-0.15, -0.1) is 0 Å². The highest BCUT2D eigenvalue weighted by molar-refractivity contribution is 5.90. The van der Waals surface area contributed by atoms with E-state index in [9.17, 15) is 9.90 Å². The minimum atomic E-state index is -0.841. The monoisotopic (exact) mass is 172 g/mol. The van der Waals surface area contributed by atoms with Crippen LogP contribution in [0, 0.1) is 5.92 Å². The number of aliphatic hydroxyl groups excluding tert-OH is 2. The van der Waals surface area contributed by atoms with Gasteiger partial charge in [0.15, 0.2) is 5.78 Å². The topological polar surface area (TPSA) is 66.8 Å². The van der Waals surface area contributed by atoms with Gasteiger partial charge in [-0.05, 0) is 6.08 Å². The van der Waals surface area contributed by atoms with Gasteiger partial charge in [-0.1, -0.05) is 6.08 Å². The van der Waals surface area contributed by atoms with Crippen molar-refractivity contribution in [3.8, 4) is 0 Å². The van der Waals surface area contributed by atoms with Crippen molar-refractivity contribution in [1.29, 1.82) is 0 Å². The van der Waals surface area contributed by atoms with E-state index in [1.165, 1.54) is 6.08 Å². The van der Waals surface area contributed by atoms with Gasteiger partial charge >= 0.3 is 0 Å². The molecule has 2 unspecified atom stereocenters. The molecule has 0 spiro atoms. The number of ketones is 1. The zero-order chi connectivity index (χ0) is 8.97. The molecule has 0 aromatic rings. The van der Waals surface area contributed by atoms with Crippen molar-refractivity contribution in [3.05, 3.63) is 12.2 Å². The molecule has 2 N–H and O–H groups in total. The Kier molecular flexibility index (Phi) is 3.40. The summed E-state index contributed by atoms with van der Waals surface area (Å²) < 4.78 is 4.96. The van der Waals surface area contributed by atoms with Gasteiger partial charge in [0.2, 0.25) is 0 Å². The lowest BCUT2D eigenvalue weighted by atomic mass is 10.0. The van der Waals surface area contributed by atoms with Crippen LogP contribution in [0.5, 0.6) is 0 Å². The van der Waals surface area contributed by atoms with Gasteiger partial charge in [0, 0.05) is 5.92 Å². The molecule has 4 nitrogen and oxygen atoms in total. The van der Waals surface area contributed by atoms with Crippen molar-refractivity contribution in [2.45, 2.75) is 6.10 Å². The zero-order valence-electron chi connectivity index (χ0n) is 6.64. The number of carbonyl (C=O) groups excluding carboxylic acids is 1. The number of hydrogen-bond donors (Lipinski definition) is 2. The van der Waals surface area contributed by atoms with Crippen molar-refractivity contribution in [2.24, 2.45) is 5.92 Å². The molecular weight excluding hydrogens is 160 g/mol. The summed E-state index contributed by atoms with van der Waals surface area (Å²) in [7, 11) is 0. The normalized spacial score (nSPS) is 26.8. The second-order valence-electron chi connectivity index (χ2n) is 2.75. The largest absolute Gasteiger partial charge is 0.394 e. The minimum absolute atomic E-state index is 0.0607.